The predicted octanol–water partition coefficient (Wildman–Crippen LogP) is 2.12. The van der Waals surface area contributed by atoms with E-state index >= 15 is 0 Å². The van der Waals surface area contributed by atoms with Crippen LogP contribution < -0.4 is 5.32 Å². The molecule has 138 valence electrons. The highest BCUT2D eigenvalue weighted by molar-refractivity contribution is 6.07. The van der Waals surface area contributed by atoms with E-state index in [1.165, 1.54) is 0 Å². The van der Waals surface area contributed by atoms with Crippen molar-refractivity contribution in [2.75, 3.05) is 18.5 Å². The molecule has 1 N–H and O–H groups in total. The number of nitrogens with one attached hydrogen (secondary N) is 1. The zero-order chi connectivity index (χ0) is 18.3. The fourth-order valence-electron chi connectivity index (χ4n) is 3.30. The lowest BCUT2D eigenvalue weighted by molar-refractivity contribution is -0.147. The molecule has 0 amide bonds. The molecule has 0 aromatic carbocycles. The van der Waals surface area contributed by atoms with Gasteiger partial charge in [0, 0.05) is 25.2 Å². The number of ether oxygens (including phenoxy) is 2. The molecule has 4 heterocycles. The van der Waals surface area contributed by atoms with Gasteiger partial charge in [0.15, 0.2) is 5.65 Å². The number of rotatable bonds is 4. The van der Waals surface area contributed by atoms with Gasteiger partial charge in [-0.3, -0.25) is 4.79 Å². The van der Waals surface area contributed by atoms with E-state index in [9.17, 15) is 4.79 Å². The highest BCUT2D eigenvalue weighted by Gasteiger charge is 2.30. The summed E-state index contributed by atoms with van der Waals surface area (Å²) in [5, 5.41) is 8.83. The Morgan fingerprint density at radius 2 is 2.19 bits per heavy atom. The van der Waals surface area contributed by atoms with E-state index < -0.39 is 0 Å². The number of fused-ring (bicyclic) bond motifs is 1. The minimum Gasteiger partial charge on any atom is -0.475 e. The van der Waals surface area contributed by atoms with Gasteiger partial charge in [-0.05, 0) is 20.8 Å². The van der Waals surface area contributed by atoms with Gasteiger partial charge in [0.25, 0.3) is 0 Å². The molecule has 0 spiro atoms. The molecule has 1 atom stereocenters. The number of esters is 1. The van der Waals surface area contributed by atoms with Crippen LogP contribution in [0, 0.1) is 0 Å². The van der Waals surface area contributed by atoms with Crippen molar-refractivity contribution >= 4 is 28.6 Å². The summed E-state index contributed by atoms with van der Waals surface area (Å²) in [6.45, 7) is 7.79. The zero-order valence-electron chi connectivity index (χ0n) is 15.3. The quantitative estimate of drug-likeness (QED) is 0.843. The summed E-state index contributed by atoms with van der Waals surface area (Å²) in [4.78, 5) is 20.9. The van der Waals surface area contributed by atoms with Gasteiger partial charge in [0.1, 0.15) is 6.61 Å². The second kappa shape index (κ2) is 6.26. The number of pyridine rings is 1. The average Bonchev–Trinajstić information content (AvgIpc) is 3.18. The number of nitrogens with zero attached hydrogens (tertiary/aromatic N) is 4. The first kappa shape index (κ1) is 16.8. The van der Waals surface area contributed by atoms with Gasteiger partial charge in [0.2, 0.25) is 5.90 Å². The Labute approximate surface area is 151 Å². The van der Waals surface area contributed by atoms with Crippen molar-refractivity contribution in [2.45, 2.75) is 51.7 Å². The van der Waals surface area contributed by atoms with Gasteiger partial charge >= 0.3 is 5.97 Å². The van der Waals surface area contributed by atoms with Crippen LogP contribution >= 0.6 is 0 Å². The van der Waals surface area contributed by atoms with Gasteiger partial charge < -0.3 is 14.8 Å². The van der Waals surface area contributed by atoms with Crippen molar-refractivity contribution in [1.82, 2.24) is 14.8 Å². The Morgan fingerprint density at radius 1 is 1.35 bits per heavy atom. The lowest BCUT2D eigenvalue weighted by Crippen LogP contribution is -2.31. The van der Waals surface area contributed by atoms with Crippen molar-refractivity contribution in [3.8, 4) is 0 Å². The van der Waals surface area contributed by atoms with Gasteiger partial charge in [-0.1, -0.05) is 0 Å². The van der Waals surface area contributed by atoms with E-state index in [-0.39, 0.29) is 17.6 Å². The van der Waals surface area contributed by atoms with Crippen LogP contribution in [0.5, 0.6) is 0 Å². The second-order valence-corrected chi connectivity index (χ2v) is 7.32. The van der Waals surface area contributed by atoms with Gasteiger partial charge in [-0.15, -0.1) is 0 Å². The summed E-state index contributed by atoms with van der Waals surface area (Å²) in [5.41, 5.74) is 2.21. The number of cyclic esters (lactones) is 1. The third-order valence-electron chi connectivity index (χ3n) is 4.65. The lowest BCUT2D eigenvalue weighted by Gasteiger charge is -2.24. The number of hydrogen-bond acceptors (Lipinski definition) is 7. The summed E-state index contributed by atoms with van der Waals surface area (Å²) in [7, 11) is 0. The first-order valence-corrected chi connectivity index (χ1v) is 8.96. The molecular weight excluding hydrogens is 334 g/mol. The van der Waals surface area contributed by atoms with Gasteiger partial charge in [0.05, 0.1) is 41.4 Å². The van der Waals surface area contributed by atoms with Crippen molar-refractivity contribution in [3.63, 3.8) is 0 Å². The molecule has 1 unspecified atom stereocenters. The Hall–Kier alpha value is -2.64. The fourth-order valence-corrected chi connectivity index (χ4v) is 3.30. The van der Waals surface area contributed by atoms with Crippen LogP contribution in [0.25, 0.3) is 11.0 Å². The molecule has 0 bridgehead atoms. The van der Waals surface area contributed by atoms with E-state index in [0.717, 1.165) is 35.2 Å². The molecule has 8 nitrogen and oxygen atoms in total. The molecule has 8 heteroatoms. The third kappa shape index (κ3) is 3.00. The average molecular weight is 357 g/mol. The Kier molecular flexibility index (Phi) is 4.05. The lowest BCUT2D eigenvalue weighted by atomic mass is 10.1. The van der Waals surface area contributed by atoms with Crippen molar-refractivity contribution in [3.05, 3.63) is 18.0 Å². The Balaban J connectivity index is 1.79. The minimum atomic E-state index is -0.260. The van der Waals surface area contributed by atoms with E-state index in [4.69, 9.17) is 9.47 Å². The molecule has 2 aromatic rings. The van der Waals surface area contributed by atoms with E-state index in [1.54, 1.807) is 12.4 Å². The molecule has 4 rings (SSSR count). The molecular formula is C18H23N5O3. The number of carbonyl (C=O) groups excluding carboxylic acids is 1. The van der Waals surface area contributed by atoms with Crippen LogP contribution in [0.15, 0.2) is 17.4 Å². The van der Waals surface area contributed by atoms with Crippen LogP contribution in [0.4, 0.5) is 5.69 Å². The summed E-state index contributed by atoms with van der Waals surface area (Å²) >= 11 is 0. The smallest absolute Gasteiger partial charge is 0.307 e. The molecule has 0 aliphatic carbocycles. The highest BCUT2D eigenvalue weighted by atomic mass is 16.5. The first-order chi connectivity index (χ1) is 12.5. The minimum absolute atomic E-state index is 0.000546. The van der Waals surface area contributed by atoms with Crippen molar-refractivity contribution in [2.24, 2.45) is 4.99 Å². The maximum absolute atomic E-state index is 11.7. The standard InChI is InChI=1S/C18H23N5O3/c1-4-23-16-12(9-20-23)15(21-11-5-6-25-14(24)7-11)13(8-19-16)17-22-18(2,3)10-26-17/h8-9,11H,4-7,10H2,1-3H3,(H,19,21). The molecule has 2 aliphatic rings. The van der Waals surface area contributed by atoms with E-state index in [1.807, 2.05) is 25.5 Å². The topological polar surface area (TPSA) is 90.6 Å². The van der Waals surface area contributed by atoms with Crippen LogP contribution in [0.1, 0.15) is 39.2 Å². The van der Waals surface area contributed by atoms with Gasteiger partial charge in [-0.25, -0.2) is 14.7 Å². The highest BCUT2D eigenvalue weighted by Crippen LogP contribution is 2.31. The summed E-state index contributed by atoms with van der Waals surface area (Å²) in [6, 6.07) is 0.000546. The summed E-state index contributed by atoms with van der Waals surface area (Å²) in [6.07, 6.45) is 4.68. The van der Waals surface area contributed by atoms with E-state index in [2.05, 4.69) is 20.4 Å². The van der Waals surface area contributed by atoms with Gasteiger partial charge in [-0.2, -0.15) is 5.10 Å². The first-order valence-electron chi connectivity index (χ1n) is 8.96. The van der Waals surface area contributed by atoms with Crippen molar-refractivity contribution < 1.29 is 14.3 Å². The molecule has 0 radical (unpaired) electrons. The molecule has 26 heavy (non-hydrogen) atoms. The number of aryl methyl sites for hydroxylation is 1. The van der Waals surface area contributed by atoms with E-state index in [0.29, 0.717) is 25.5 Å². The third-order valence-corrected chi connectivity index (χ3v) is 4.65. The van der Waals surface area contributed by atoms with Crippen LogP contribution in [0.3, 0.4) is 0 Å². The maximum Gasteiger partial charge on any atom is 0.307 e. The van der Waals surface area contributed by atoms with Crippen LogP contribution in [0.2, 0.25) is 0 Å². The zero-order valence-corrected chi connectivity index (χ0v) is 15.3. The normalized spacial score (nSPS) is 22.0. The largest absolute Gasteiger partial charge is 0.475 e. The second-order valence-electron chi connectivity index (χ2n) is 7.32. The maximum atomic E-state index is 11.7. The predicted molar refractivity (Wildman–Crippen MR) is 97.4 cm³/mol. The molecule has 1 saturated heterocycles. The number of aromatic nitrogens is 3. The monoisotopic (exact) mass is 357 g/mol. The Bertz CT molecular complexity index is 886. The fraction of sp³-hybridized carbons (Fsp3) is 0.556. The van der Waals surface area contributed by atoms with Crippen LogP contribution in [-0.4, -0.2) is 51.4 Å². The summed E-state index contributed by atoms with van der Waals surface area (Å²) < 4.78 is 12.7. The Morgan fingerprint density at radius 3 is 2.88 bits per heavy atom. The number of aliphatic imine (C=N–C) groups is 1. The van der Waals surface area contributed by atoms with Crippen LogP contribution in [-0.2, 0) is 20.8 Å². The number of anilines is 1. The SMILES string of the molecule is CCn1ncc2c(NC3CCOC(=O)C3)c(C3=NC(C)(C)CO3)cnc21. The number of carbonyl (C=O) groups is 1. The molecule has 1 fully saturated rings. The number of hydrogen-bond donors (Lipinski definition) is 1. The van der Waals surface area contributed by atoms with Crippen molar-refractivity contribution in [1.29, 1.82) is 0 Å². The molecule has 2 aromatic heterocycles. The molecule has 2 aliphatic heterocycles. The summed E-state index contributed by atoms with van der Waals surface area (Å²) in [5.74, 6) is 0.398. The molecule has 0 saturated carbocycles.